The monoisotopic (exact) mass is 319 g/mol. The molecular formula is C21H21NO2. The molecule has 0 fully saturated rings. The maximum absolute atomic E-state index is 13.1. The Balaban J connectivity index is 1.90. The second-order valence-corrected chi connectivity index (χ2v) is 6.04. The summed E-state index contributed by atoms with van der Waals surface area (Å²) in [7, 11) is 0. The third-order valence-corrected chi connectivity index (χ3v) is 4.05. The van der Waals surface area contributed by atoms with E-state index in [-0.39, 0.29) is 5.91 Å². The summed E-state index contributed by atoms with van der Waals surface area (Å²) in [6, 6.07) is 19.7. The fourth-order valence-corrected chi connectivity index (χ4v) is 2.73. The first-order valence-electron chi connectivity index (χ1n) is 8.06. The molecule has 0 saturated carbocycles. The van der Waals surface area contributed by atoms with Gasteiger partial charge in [-0.3, -0.25) is 4.79 Å². The quantitative estimate of drug-likeness (QED) is 0.680. The molecule has 0 bridgehead atoms. The molecule has 3 heteroatoms. The number of carbonyl (C=O) groups excluding carboxylic acids is 1. The summed E-state index contributed by atoms with van der Waals surface area (Å²) in [6.45, 7) is 4.98. The van der Waals surface area contributed by atoms with E-state index in [1.54, 1.807) is 6.26 Å². The van der Waals surface area contributed by atoms with Gasteiger partial charge >= 0.3 is 0 Å². The van der Waals surface area contributed by atoms with Gasteiger partial charge in [-0.15, -0.1) is 0 Å². The molecule has 24 heavy (non-hydrogen) atoms. The van der Waals surface area contributed by atoms with E-state index in [0.717, 1.165) is 28.0 Å². The van der Waals surface area contributed by atoms with Crippen molar-refractivity contribution in [1.82, 2.24) is 4.90 Å². The maximum Gasteiger partial charge on any atom is 0.254 e. The lowest BCUT2D eigenvalue weighted by atomic mass is 10.0. The molecule has 0 unspecified atom stereocenters. The second kappa shape index (κ2) is 7.18. The molecule has 3 nitrogen and oxygen atoms in total. The van der Waals surface area contributed by atoms with Gasteiger partial charge in [0.25, 0.3) is 5.91 Å². The molecule has 2 aromatic carbocycles. The Morgan fingerprint density at radius 1 is 0.958 bits per heavy atom. The fraction of sp³-hybridized carbons (Fsp3) is 0.190. The largest absolute Gasteiger partial charge is 0.467 e. The fourth-order valence-electron chi connectivity index (χ4n) is 2.73. The predicted molar refractivity (Wildman–Crippen MR) is 94.6 cm³/mol. The molecular weight excluding hydrogens is 298 g/mol. The average Bonchev–Trinajstić information content (AvgIpc) is 3.10. The van der Waals surface area contributed by atoms with Crippen molar-refractivity contribution < 1.29 is 9.21 Å². The molecule has 0 atom stereocenters. The van der Waals surface area contributed by atoms with E-state index in [0.29, 0.717) is 13.1 Å². The zero-order chi connectivity index (χ0) is 16.9. The smallest absolute Gasteiger partial charge is 0.254 e. The van der Waals surface area contributed by atoms with Crippen LogP contribution in [0.3, 0.4) is 0 Å². The second-order valence-electron chi connectivity index (χ2n) is 6.04. The molecule has 1 aromatic heterocycles. The van der Waals surface area contributed by atoms with Crippen LogP contribution in [-0.4, -0.2) is 10.8 Å². The Labute approximate surface area is 142 Å². The predicted octanol–water partition coefficient (Wildman–Crippen LogP) is 4.74. The van der Waals surface area contributed by atoms with Crippen LogP contribution < -0.4 is 0 Å². The Morgan fingerprint density at radius 2 is 1.75 bits per heavy atom. The highest BCUT2D eigenvalue weighted by Gasteiger charge is 2.19. The first-order chi connectivity index (χ1) is 11.6. The van der Waals surface area contributed by atoms with Crippen LogP contribution in [0.25, 0.3) is 0 Å². The van der Waals surface area contributed by atoms with Crippen LogP contribution in [0.5, 0.6) is 0 Å². The normalized spacial score (nSPS) is 10.6. The van der Waals surface area contributed by atoms with Gasteiger partial charge in [-0.2, -0.15) is 0 Å². The highest BCUT2D eigenvalue weighted by Crippen LogP contribution is 2.18. The van der Waals surface area contributed by atoms with Gasteiger partial charge in [-0.1, -0.05) is 48.0 Å². The van der Waals surface area contributed by atoms with E-state index in [9.17, 15) is 4.79 Å². The first-order valence-corrected chi connectivity index (χ1v) is 8.06. The zero-order valence-electron chi connectivity index (χ0n) is 14.0. The highest BCUT2D eigenvalue weighted by atomic mass is 16.3. The molecule has 3 aromatic rings. The van der Waals surface area contributed by atoms with Crippen LogP contribution in [0, 0.1) is 13.8 Å². The topological polar surface area (TPSA) is 33.5 Å². The maximum atomic E-state index is 13.1. The number of furan rings is 1. The molecule has 0 aliphatic rings. The van der Waals surface area contributed by atoms with E-state index >= 15 is 0 Å². The van der Waals surface area contributed by atoms with Crippen molar-refractivity contribution >= 4 is 5.91 Å². The molecule has 0 aliphatic carbocycles. The van der Waals surface area contributed by atoms with Crippen molar-refractivity contribution in [3.8, 4) is 0 Å². The summed E-state index contributed by atoms with van der Waals surface area (Å²) in [5.74, 6) is 0.807. The molecule has 0 aliphatic heterocycles. The van der Waals surface area contributed by atoms with E-state index < -0.39 is 0 Å². The lowest BCUT2D eigenvalue weighted by Gasteiger charge is -2.23. The molecule has 122 valence electrons. The molecule has 0 radical (unpaired) electrons. The molecule has 0 spiro atoms. The highest BCUT2D eigenvalue weighted by molar-refractivity contribution is 5.95. The minimum absolute atomic E-state index is 0.0245. The van der Waals surface area contributed by atoms with Crippen LogP contribution in [-0.2, 0) is 13.1 Å². The zero-order valence-corrected chi connectivity index (χ0v) is 14.0. The van der Waals surface area contributed by atoms with Gasteiger partial charge in [0, 0.05) is 12.1 Å². The van der Waals surface area contributed by atoms with Gasteiger partial charge in [-0.25, -0.2) is 0 Å². The molecule has 0 saturated heterocycles. The Morgan fingerprint density at radius 3 is 2.46 bits per heavy atom. The standard InChI is InChI=1S/C21H21NO2/c1-16-10-11-17(2)20(13-16)21(23)22(15-19-9-6-12-24-19)14-18-7-4-3-5-8-18/h3-13H,14-15H2,1-2H3. The summed E-state index contributed by atoms with van der Waals surface area (Å²) in [6.07, 6.45) is 1.64. The number of benzene rings is 2. The third-order valence-electron chi connectivity index (χ3n) is 4.05. The van der Waals surface area contributed by atoms with Gasteiger partial charge in [0.05, 0.1) is 12.8 Å². The third kappa shape index (κ3) is 3.74. The van der Waals surface area contributed by atoms with Crippen molar-refractivity contribution in [2.45, 2.75) is 26.9 Å². The van der Waals surface area contributed by atoms with Crippen molar-refractivity contribution in [2.75, 3.05) is 0 Å². The summed E-state index contributed by atoms with van der Waals surface area (Å²) in [5.41, 5.74) is 3.92. The summed E-state index contributed by atoms with van der Waals surface area (Å²) >= 11 is 0. The Kier molecular flexibility index (Phi) is 4.80. The summed E-state index contributed by atoms with van der Waals surface area (Å²) < 4.78 is 5.45. The van der Waals surface area contributed by atoms with Crippen molar-refractivity contribution in [3.05, 3.63) is 94.9 Å². The number of aryl methyl sites for hydroxylation is 2. The number of nitrogens with zero attached hydrogens (tertiary/aromatic N) is 1. The van der Waals surface area contributed by atoms with E-state index in [1.165, 1.54) is 0 Å². The van der Waals surface area contributed by atoms with Gasteiger partial charge in [0.2, 0.25) is 0 Å². The molecule has 3 rings (SSSR count). The number of carbonyl (C=O) groups is 1. The Bertz CT molecular complexity index is 807. The minimum Gasteiger partial charge on any atom is -0.467 e. The number of hydrogen-bond donors (Lipinski definition) is 0. The molecule has 1 amide bonds. The lowest BCUT2D eigenvalue weighted by molar-refractivity contribution is 0.0717. The summed E-state index contributed by atoms with van der Waals surface area (Å²) in [5, 5.41) is 0. The van der Waals surface area contributed by atoms with Crippen molar-refractivity contribution in [1.29, 1.82) is 0 Å². The van der Waals surface area contributed by atoms with Crippen molar-refractivity contribution in [3.63, 3.8) is 0 Å². The van der Waals surface area contributed by atoms with E-state index in [1.807, 2.05) is 79.4 Å². The van der Waals surface area contributed by atoms with Crippen LogP contribution in [0.1, 0.15) is 32.8 Å². The number of hydrogen-bond acceptors (Lipinski definition) is 2. The van der Waals surface area contributed by atoms with Crippen LogP contribution >= 0.6 is 0 Å². The molecule has 0 N–H and O–H groups in total. The van der Waals surface area contributed by atoms with Gasteiger partial charge in [0.15, 0.2) is 0 Å². The van der Waals surface area contributed by atoms with Crippen LogP contribution in [0.2, 0.25) is 0 Å². The van der Waals surface area contributed by atoms with Gasteiger partial charge in [0.1, 0.15) is 5.76 Å². The van der Waals surface area contributed by atoms with E-state index in [4.69, 9.17) is 4.42 Å². The van der Waals surface area contributed by atoms with Gasteiger partial charge in [-0.05, 0) is 43.2 Å². The van der Waals surface area contributed by atoms with E-state index in [2.05, 4.69) is 0 Å². The first kappa shape index (κ1) is 16.1. The Hall–Kier alpha value is -2.81. The van der Waals surface area contributed by atoms with Gasteiger partial charge < -0.3 is 9.32 Å². The van der Waals surface area contributed by atoms with Crippen molar-refractivity contribution in [2.24, 2.45) is 0 Å². The van der Waals surface area contributed by atoms with Crippen LogP contribution in [0.15, 0.2) is 71.3 Å². The SMILES string of the molecule is Cc1ccc(C)c(C(=O)N(Cc2ccccc2)Cc2ccco2)c1. The minimum atomic E-state index is 0.0245. The number of rotatable bonds is 5. The lowest BCUT2D eigenvalue weighted by Crippen LogP contribution is -2.30. The number of amides is 1. The van der Waals surface area contributed by atoms with Crippen LogP contribution in [0.4, 0.5) is 0 Å². The average molecular weight is 319 g/mol. The summed E-state index contributed by atoms with van der Waals surface area (Å²) in [4.78, 5) is 15.0. The molecule has 1 heterocycles.